The number of amides is 2. The average Bonchev–Trinajstić information content (AvgIpc) is 3.66. The van der Waals surface area contributed by atoms with E-state index < -0.39 is 0 Å². The van der Waals surface area contributed by atoms with E-state index in [4.69, 9.17) is 28.9 Å². The summed E-state index contributed by atoms with van der Waals surface area (Å²) in [7, 11) is 6.29. The van der Waals surface area contributed by atoms with Gasteiger partial charge in [-0.25, -0.2) is 9.98 Å². The average molecular weight is 755 g/mol. The fourth-order valence-electron chi connectivity index (χ4n) is 6.60. The second-order valence-electron chi connectivity index (χ2n) is 15.7. The molecule has 290 valence electrons. The minimum absolute atomic E-state index is 0.0525. The van der Waals surface area contributed by atoms with Crippen LogP contribution in [-0.4, -0.2) is 74.8 Å². The Labute approximate surface area is 329 Å². The van der Waals surface area contributed by atoms with E-state index in [1.54, 1.807) is 74.7 Å². The van der Waals surface area contributed by atoms with E-state index in [0.29, 0.717) is 34.7 Å². The molecule has 2 heterocycles. The van der Waals surface area contributed by atoms with Crippen molar-refractivity contribution >= 4 is 35.6 Å². The summed E-state index contributed by atoms with van der Waals surface area (Å²) in [5.74, 6) is 2.68. The molecule has 0 aliphatic carbocycles. The highest BCUT2D eigenvalue weighted by Gasteiger charge is 2.36. The fraction of sp³-hybridized carbons (Fsp3) is 0.304. The van der Waals surface area contributed by atoms with Gasteiger partial charge >= 0.3 is 0 Å². The molecule has 0 unspecified atom stereocenters. The van der Waals surface area contributed by atoms with Crippen LogP contribution in [0.15, 0.2) is 106 Å². The van der Waals surface area contributed by atoms with Gasteiger partial charge in [0.05, 0.1) is 28.4 Å². The molecule has 0 bridgehead atoms. The molecule has 2 amide bonds. The second-order valence-corrected chi connectivity index (χ2v) is 15.7. The van der Waals surface area contributed by atoms with Crippen molar-refractivity contribution in [3.63, 3.8) is 0 Å². The summed E-state index contributed by atoms with van der Waals surface area (Å²) >= 11 is 0. The summed E-state index contributed by atoms with van der Waals surface area (Å²) < 4.78 is 21.8. The number of carbonyl (C=O) groups excluding carboxylic acids is 2. The van der Waals surface area contributed by atoms with Crippen LogP contribution >= 0.6 is 0 Å². The molecule has 4 aromatic rings. The molecule has 0 saturated heterocycles. The van der Waals surface area contributed by atoms with Gasteiger partial charge in [0.1, 0.15) is 23.1 Å². The molecule has 2 aliphatic heterocycles. The quantitative estimate of drug-likeness (QED) is 0.143. The van der Waals surface area contributed by atoms with Gasteiger partial charge in [-0.2, -0.15) is 0 Å². The van der Waals surface area contributed by atoms with Gasteiger partial charge in [-0.1, -0.05) is 102 Å². The highest BCUT2D eigenvalue weighted by atomic mass is 16.5. The molecule has 0 aromatic heterocycles. The Balaban J connectivity index is 1.37. The summed E-state index contributed by atoms with van der Waals surface area (Å²) in [5.41, 5.74) is 5.78. The van der Waals surface area contributed by atoms with Crippen LogP contribution in [0.3, 0.4) is 0 Å². The Hall–Kier alpha value is -6.16. The van der Waals surface area contributed by atoms with Gasteiger partial charge in [0, 0.05) is 24.2 Å². The molecular weight excluding hydrogens is 705 g/mol. The van der Waals surface area contributed by atoms with Crippen molar-refractivity contribution in [1.82, 2.24) is 9.80 Å². The number of methoxy groups -OCH3 is 4. The van der Waals surface area contributed by atoms with Gasteiger partial charge in [-0.3, -0.25) is 19.4 Å². The minimum atomic E-state index is -0.282. The Bertz CT molecular complexity index is 2090. The lowest BCUT2D eigenvalue weighted by atomic mass is 9.86. The summed E-state index contributed by atoms with van der Waals surface area (Å²) in [6.07, 6.45) is 3.48. The molecule has 0 N–H and O–H groups in total. The first-order valence-electron chi connectivity index (χ1n) is 18.6. The van der Waals surface area contributed by atoms with E-state index >= 15 is 0 Å². The Morgan fingerprint density at radius 1 is 0.500 bits per heavy atom. The molecule has 0 radical (unpaired) electrons. The molecule has 2 aliphatic rings. The number of nitrogens with zero attached hydrogens (tertiary/aromatic N) is 4. The van der Waals surface area contributed by atoms with Crippen LogP contribution in [0.25, 0.3) is 12.2 Å². The van der Waals surface area contributed by atoms with Crippen molar-refractivity contribution in [2.45, 2.75) is 52.4 Å². The zero-order valence-corrected chi connectivity index (χ0v) is 33.9. The standard InChI is InChI=1S/C46H50N4O6/c1-45(2,3)33-17-13-31(14-18-33)41-47-35(25-29-11-21-37(53-7)39(27-29)55-9)43(51)49(41)23-24-50-42(32-15-19-34(20-16-32)46(4,5)6)48-36(44(50)52)26-30-12-22-38(54-8)40(28-30)56-10/h11-22,25-28H,23-24H2,1-10H3. The maximum Gasteiger partial charge on any atom is 0.278 e. The van der Waals surface area contributed by atoms with Crippen LogP contribution in [0, 0.1) is 0 Å². The van der Waals surface area contributed by atoms with E-state index in [2.05, 4.69) is 65.8 Å². The number of hydrogen-bond acceptors (Lipinski definition) is 8. The zero-order valence-electron chi connectivity index (χ0n) is 33.9. The van der Waals surface area contributed by atoms with Crippen LogP contribution in [0.5, 0.6) is 23.0 Å². The van der Waals surface area contributed by atoms with Gasteiger partial charge in [0.15, 0.2) is 23.0 Å². The Morgan fingerprint density at radius 3 is 1.14 bits per heavy atom. The van der Waals surface area contributed by atoms with Crippen molar-refractivity contribution in [1.29, 1.82) is 0 Å². The summed E-state index contributed by atoms with van der Waals surface area (Å²) in [6, 6.07) is 27.1. The zero-order chi connectivity index (χ0) is 40.4. The third kappa shape index (κ3) is 8.24. The first kappa shape index (κ1) is 39.5. The lowest BCUT2D eigenvalue weighted by molar-refractivity contribution is -0.125. The number of benzene rings is 4. The Kier molecular flexibility index (Phi) is 11.2. The molecule has 4 aromatic carbocycles. The van der Waals surface area contributed by atoms with Crippen LogP contribution in [0.2, 0.25) is 0 Å². The van der Waals surface area contributed by atoms with Crippen LogP contribution in [-0.2, 0) is 20.4 Å². The molecule has 56 heavy (non-hydrogen) atoms. The third-order valence-corrected chi connectivity index (χ3v) is 9.88. The number of hydrogen-bond donors (Lipinski definition) is 0. The molecule has 0 fully saturated rings. The lowest BCUT2D eigenvalue weighted by Crippen LogP contribution is -2.42. The highest BCUT2D eigenvalue weighted by Crippen LogP contribution is 2.33. The first-order valence-corrected chi connectivity index (χ1v) is 18.6. The van der Waals surface area contributed by atoms with Crippen LogP contribution < -0.4 is 18.9 Å². The van der Waals surface area contributed by atoms with E-state index in [1.807, 2.05) is 36.4 Å². The maximum atomic E-state index is 14.3. The van der Waals surface area contributed by atoms with Crippen molar-refractivity contribution in [3.8, 4) is 23.0 Å². The van der Waals surface area contributed by atoms with Crippen LogP contribution in [0.4, 0.5) is 0 Å². The summed E-state index contributed by atoms with van der Waals surface area (Å²) in [5, 5.41) is 0. The van der Waals surface area contributed by atoms with Gasteiger partial charge in [-0.15, -0.1) is 0 Å². The number of ether oxygens (including phenoxy) is 4. The van der Waals surface area contributed by atoms with Crippen molar-refractivity contribution < 1.29 is 28.5 Å². The molecule has 0 atom stereocenters. The topological polar surface area (TPSA) is 102 Å². The molecule has 10 nitrogen and oxygen atoms in total. The number of rotatable bonds is 11. The van der Waals surface area contributed by atoms with Gasteiger partial charge in [-0.05, 0) is 69.5 Å². The molecule has 0 spiro atoms. The molecule has 10 heteroatoms. The van der Waals surface area contributed by atoms with E-state index in [0.717, 1.165) is 33.4 Å². The van der Waals surface area contributed by atoms with Crippen LogP contribution in [0.1, 0.15) is 74.9 Å². The van der Waals surface area contributed by atoms with E-state index in [9.17, 15) is 9.59 Å². The highest BCUT2D eigenvalue weighted by molar-refractivity contribution is 6.21. The molecule has 6 rings (SSSR count). The predicted molar refractivity (Wildman–Crippen MR) is 222 cm³/mol. The van der Waals surface area contributed by atoms with Crippen molar-refractivity contribution in [3.05, 3.63) is 130 Å². The predicted octanol–water partition coefficient (Wildman–Crippen LogP) is 8.28. The molecular formula is C46H50N4O6. The summed E-state index contributed by atoms with van der Waals surface area (Å²) in [4.78, 5) is 41.7. The molecule has 0 saturated carbocycles. The Morgan fingerprint density at radius 2 is 0.839 bits per heavy atom. The number of amidine groups is 2. The first-order chi connectivity index (χ1) is 26.6. The lowest BCUT2D eigenvalue weighted by Gasteiger charge is -2.25. The van der Waals surface area contributed by atoms with Gasteiger partial charge in [0.25, 0.3) is 11.8 Å². The second kappa shape index (κ2) is 15.9. The third-order valence-electron chi connectivity index (χ3n) is 9.88. The smallest absolute Gasteiger partial charge is 0.278 e. The summed E-state index contributed by atoms with van der Waals surface area (Å²) in [6.45, 7) is 13.3. The van der Waals surface area contributed by atoms with Crippen molar-refractivity contribution in [2.24, 2.45) is 9.98 Å². The largest absolute Gasteiger partial charge is 0.493 e. The normalized spacial score (nSPS) is 16.1. The fourth-order valence-corrected chi connectivity index (χ4v) is 6.60. The SMILES string of the molecule is COc1ccc(C=C2N=C(c3ccc(C(C)(C)C)cc3)N(CCN3C(=O)C(=Cc4ccc(OC)c(OC)c4)N=C3c3ccc(C(C)(C)C)cc3)C2=O)cc1OC. The van der Waals surface area contributed by atoms with Crippen molar-refractivity contribution in [2.75, 3.05) is 41.5 Å². The maximum absolute atomic E-state index is 14.3. The van der Waals surface area contributed by atoms with Gasteiger partial charge < -0.3 is 18.9 Å². The minimum Gasteiger partial charge on any atom is -0.493 e. The monoisotopic (exact) mass is 754 g/mol. The number of carbonyl (C=O) groups is 2. The van der Waals surface area contributed by atoms with E-state index in [-0.39, 0.29) is 47.1 Å². The van der Waals surface area contributed by atoms with E-state index in [1.165, 1.54) is 0 Å². The number of aliphatic imine (C=N–C) groups is 2. The van der Waals surface area contributed by atoms with Gasteiger partial charge in [0.2, 0.25) is 0 Å².